The van der Waals surface area contributed by atoms with Gasteiger partial charge in [0, 0.05) is 5.92 Å². The van der Waals surface area contributed by atoms with Gasteiger partial charge >= 0.3 is 12.1 Å². The van der Waals surface area contributed by atoms with Crippen LogP contribution in [-0.2, 0) is 16.1 Å². The monoisotopic (exact) mass is 451 g/mol. The van der Waals surface area contributed by atoms with Crippen LogP contribution < -0.4 is 10.6 Å². The third kappa shape index (κ3) is 4.47. The number of nitrogens with one attached hydrogen (secondary N) is 2. The van der Waals surface area contributed by atoms with Gasteiger partial charge in [-0.05, 0) is 29.2 Å². The van der Waals surface area contributed by atoms with Crippen LogP contribution in [0.4, 0.5) is 4.79 Å². The second-order valence-electron chi connectivity index (χ2n) is 7.33. The first-order valence-corrected chi connectivity index (χ1v) is 10.8. The number of thiazole rings is 1. The van der Waals surface area contributed by atoms with E-state index < -0.39 is 24.0 Å². The van der Waals surface area contributed by atoms with Gasteiger partial charge in [-0.3, -0.25) is 4.79 Å². The maximum atomic E-state index is 12.3. The molecule has 0 saturated carbocycles. The molecule has 1 heterocycles. The third-order valence-electron chi connectivity index (χ3n) is 5.25. The summed E-state index contributed by atoms with van der Waals surface area (Å²) < 4.78 is 5.45. The van der Waals surface area contributed by atoms with E-state index in [1.54, 1.807) is 6.92 Å². The van der Waals surface area contributed by atoms with Gasteiger partial charge < -0.3 is 20.5 Å². The summed E-state index contributed by atoms with van der Waals surface area (Å²) in [4.78, 5) is 39.5. The Morgan fingerprint density at radius 3 is 2.31 bits per heavy atom. The van der Waals surface area contributed by atoms with Crippen LogP contribution in [0.25, 0.3) is 11.1 Å². The molecule has 1 unspecified atom stereocenters. The van der Waals surface area contributed by atoms with Crippen molar-refractivity contribution in [3.05, 3.63) is 75.7 Å². The molecule has 2 aromatic carbocycles. The molecule has 32 heavy (non-hydrogen) atoms. The van der Waals surface area contributed by atoms with Crippen LogP contribution >= 0.6 is 11.3 Å². The Bertz CT molecular complexity index is 1130. The van der Waals surface area contributed by atoms with Crippen molar-refractivity contribution in [1.82, 2.24) is 15.6 Å². The van der Waals surface area contributed by atoms with Crippen molar-refractivity contribution >= 4 is 29.3 Å². The molecule has 9 heteroatoms. The van der Waals surface area contributed by atoms with Crippen LogP contribution in [0.2, 0.25) is 0 Å². The van der Waals surface area contributed by atoms with E-state index in [0.717, 1.165) is 33.6 Å². The lowest BCUT2D eigenvalue weighted by Crippen LogP contribution is -2.45. The summed E-state index contributed by atoms with van der Waals surface area (Å²) in [5.41, 5.74) is 4.49. The number of aromatic carboxylic acids is 1. The van der Waals surface area contributed by atoms with Gasteiger partial charge in [-0.2, -0.15) is 0 Å². The zero-order chi connectivity index (χ0) is 22.7. The fourth-order valence-electron chi connectivity index (χ4n) is 3.69. The number of carboxylic acids is 1. The number of hydrogen-bond donors (Lipinski definition) is 3. The molecule has 0 bridgehead atoms. The van der Waals surface area contributed by atoms with Gasteiger partial charge in [-0.15, -0.1) is 11.3 Å². The first kappa shape index (κ1) is 21.5. The number of alkyl carbamates (subject to hydrolysis) is 1. The van der Waals surface area contributed by atoms with E-state index in [-0.39, 0.29) is 23.9 Å². The molecule has 4 rings (SSSR count). The number of amides is 2. The standard InChI is InChI=1S/C23H21N3O5S/c1-13(21(27)25-11-20-24-10-19(32-20)22(28)29)26-23(30)31-12-18-16-8-4-2-6-14(16)15-7-3-5-9-17(15)18/h2-10,13,18H,11-12H2,1H3,(H,25,27)(H,26,30)(H,28,29). The van der Waals surface area contributed by atoms with Crippen LogP contribution in [0.5, 0.6) is 0 Å². The quantitative estimate of drug-likeness (QED) is 0.507. The minimum atomic E-state index is -1.06. The Labute approximate surface area is 188 Å². The van der Waals surface area contributed by atoms with Gasteiger partial charge in [0.25, 0.3) is 0 Å². The zero-order valence-electron chi connectivity index (χ0n) is 17.2. The Morgan fingerprint density at radius 2 is 1.72 bits per heavy atom. The molecular weight excluding hydrogens is 430 g/mol. The van der Waals surface area contributed by atoms with E-state index in [1.165, 1.54) is 6.20 Å². The summed E-state index contributed by atoms with van der Waals surface area (Å²) in [5, 5.41) is 14.5. The number of carbonyl (C=O) groups is 3. The van der Waals surface area contributed by atoms with Crippen LogP contribution in [0.15, 0.2) is 54.7 Å². The van der Waals surface area contributed by atoms with Gasteiger partial charge in [0.1, 0.15) is 22.5 Å². The summed E-state index contributed by atoms with van der Waals surface area (Å²) in [6.45, 7) is 1.78. The summed E-state index contributed by atoms with van der Waals surface area (Å²) in [6.07, 6.45) is 0.560. The molecule has 164 valence electrons. The second kappa shape index (κ2) is 9.19. The first-order chi connectivity index (χ1) is 15.4. The molecule has 0 saturated heterocycles. The summed E-state index contributed by atoms with van der Waals surface area (Å²) in [6, 6.07) is 15.3. The molecule has 0 spiro atoms. The lowest BCUT2D eigenvalue weighted by atomic mass is 9.98. The van der Waals surface area contributed by atoms with Gasteiger partial charge in [0.05, 0.1) is 12.7 Å². The molecule has 3 N–H and O–H groups in total. The Balaban J connectivity index is 1.30. The largest absolute Gasteiger partial charge is 0.477 e. The number of hydrogen-bond acceptors (Lipinski definition) is 6. The molecule has 0 fully saturated rings. The van der Waals surface area contributed by atoms with Crippen molar-refractivity contribution in [2.75, 3.05) is 6.61 Å². The van der Waals surface area contributed by atoms with E-state index >= 15 is 0 Å². The van der Waals surface area contributed by atoms with E-state index in [4.69, 9.17) is 9.84 Å². The van der Waals surface area contributed by atoms with E-state index in [9.17, 15) is 14.4 Å². The van der Waals surface area contributed by atoms with Gasteiger partial charge in [0.2, 0.25) is 5.91 Å². The molecule has 8 nitrogen and oxygen atoms in total. The Kier molecular flexibility index (Phi) is 6.18. The van der Waals surface area contributed by atoms with Crippen molar-refractivity contribution in [2.24, 2.45) is 0 Å². The minimum absolute atomic E-state index is 0.0642. The molecule has 1 aliphatic carbocycles. The minimum Gasteiger partial charge on any atom is -0.477 e. The van der Waals surface area contributed by atoms with Gasteiger partial charge in [0.15, 0.2) is 0 Å². The molecular formula is C23H21N3O5S. The molecule has 1 aromatic heterocycles. The van der Waals surface area contributed by atoms with E-state index in [0.29, 0.717) is 5.01 Å². The van der Waals surface area contributed by atoms with Crippen LogP contribution in [0.3, 0.4) is 0 Å². The zero-order valence-corrected chi connectivity index (χ0v) is 18.0. The molecule has 0 radical (unpaired) electrons. The van der Waals surface area contributed by atoms with Crippen molar-refractivity contribution in [3.8, 4) is 11.1 Å². The number of nitrogens with zero attached hydrogens (tertiary/aromatic N) is 1. The summed E-state index contributed by atoms with van der Waals surface area (Å²) in [7, 11) is 0. The summed E-state index contributed by atoms with van der Waals surface area (Å²) >= 11 is 0.982. The van der Waals surface area contributed by atoms with Crippen molar-refractivity contribution in [1.29, 1.82) is 0 Å². The fourth-order valence-corrected chi connectivity index (χ4v) is 4.39. The highest BCUT2D eigenvalue weighted by molar-refractivity contribution is 7.13. The fraction of sp³-hybridized carbons (Fsp3) is 0.217. The molecule has 3 aromatic rings. The third-order valence-corrected chi connectivity index (χ3v) is 6.23. The van der Waals surface area contributed by atoms with Crippen molar-refractivity contribution < 1.29 is 24.2 Å². The Morgan fingerprint density at radius 1 is 1.09 bits per heavy atom. The second-order valence-corrected chi connectivity index (χ2v) is 8.45. The highest BCUT2D eigenvalue weighted by Crippen LogP contribution is 2.44. The predicted octanol–water partition coefficient (Wildman–Crippen LogP) is 3.38. The van der Waals surface area contributed by atoms with Gasteiger partial charge in [-0.25, -0.2) is 14.6 Å². The number of carboxylic acid groups (broad SMARTS) is 1. The maximum Gasteiger partial charge on any atom is 0.407 e. The average molecular weight is 452 g/mol. The van der Waals surface area contributed by atoms with Gasteiger partial charge in [-0.1, -0.05) is 48.5 Å². The molecule has 2 amide bonds. The highest BCUT2D eigenvalue weighted by atomic mass is 32.1. The van der Waals surface area contributed by atoms with Crippen molar-refractivity contribution in [2.45, 2.75) is 25.4 Å². The molecule has 1 atom stereocenters. The van der Waals surface area contributed by atoms with Crippen LogP contribution in [-0.4, -0.2) is 40.7 Å². The van der Waals surface area contributed by atoms with E-state index in [1.807, 2.05) is 36.4 Å². The lowest BCUT2D eigenvalue weighted by Gasteiger charge is -2.17. The predicted molar refractivity (Wildman–Crippen MR) is 119 cm³/mol. The maximum absolute atomic E-state index is 12.3. The lowest BCUT2D eigenvalue weighted by molar-refractivity contribution is -0.122. The average Bonchev–Trinajstić information content (AvgIpc) is 3.39. The number of benzene rings is 2. The Hall–Kier alpha value is -3.72. The van der Waals surface area contributed by atoms with Crippen LogP contribution in [0, 0.1) is 0 Å². The number of rotatable bonds is 7. The first-order valence-electron chi connectivity index (χ1n) is 10.0. The smallest absolute Gasteiger partial charge is 0.407 e. The number of ether oxygens (including phenoxy) is 1. The topological polar surface area (TPSA) is 118 Å². The molecule has 0 aliphatic heterocycles. The van der Waals surface area contributed by atoms with E-state index in [2.05, 4.69) is 27.8 Å². The number of aromatic nitrogens is 1. The normalized spacial score (nSPS) is 13.0. The number of fused-ring (bicyclic) bond motifs is 3. The molecule has 1 aliphatic rings. The highest BCUT2D eigenvalue weighted by Gasteiger charge is 2.29. The van der Waals surface area contributed by atoms with Crippen molar-refractivity contribution in [3.63, 3.8) is 0 Å². The van der Waals surface area contributed by atoms with Crippen LogP contribution in [0.1, 0.15) is 38.6 Å². The summed E-state index contributed by atoms with van der Waals surface area (Å²) in [5.74, 6) is -1.55. The SMILES string of the molecule is CC(NC(=O)OCC1c2ccccc2-c2ccccc21)C(=O)NCc1ncc(C(=O)O)s1. The number of carbonyl (C=O) groups excluding carboxylic acids is 2.